The van der Waals surface area contributed by atoms with Crippen molar-refractivity contribution >= 4 is 21.8 Å². The number of amidine groups is 1. The van der Waals surface area contributed by atoms with Gasteiger partial charge < -0.3 is 5.73 Å². The van der Waals surface area contributed by atoms with E-state index >= 15 is 0 Å². The summed E-state index contributed by atoms with van der Waals surface area (Å²) in [6.07, 6.45) is 0.870. The van der Waals surface area contributed by atoms with Gasteiger partial charge in [-0.2, -0.15) is 5.26 Å². The van der Waals surface area contributed by atoms with Crippen LogP contribution in [0.3, 0.4) is 0 Å². The fourth-order valence-electron chi connectivity index (χ4n) is 2.32. The van der Waals surface area contributed by atoms with Crippen molar-refractivity contribution in [1.29, 1.82) is 5.26 Å². The molecule has 0 saturated carbocycles. The second-order valence-corrected chi connectivity index (χ2v) is 5.32. The van der Waals surface area contributed by atoms with Gasteiger partial charge in [-0.25, -0.2) is 0 Å². The molecular weight excluding hydrogens is 278 g/mol. The predicted molar refractivity (Wildman–Crippen MR) is 71.7 cm³/mol. The molecule has 0 fully saturated rings. The molecular formula is C13H14BrN3. The molecule has 3 atom stereocenters. The summed E-state index contributed by atoms with van der Waals surface area (Å²) in [6.45, 7) is 2.03. The summed E-state index contributed by atoms with van der Waals surface area (Å²) in [7, 11) is 0. The van der Waals surface area contributed by atoms with Crippen molar-refractivity contribution in [3.63, 3.8) is 0 Å². The molecule has 1 heterocycles. The third-order valence-corrected chi connectivity index (χ3v) is 3.59. The molecule has 3 unspecified atom stereocenters. The molecule has 17 heavy (non-hydrogen) atoms. The van der Waals surface area contributed by atoms with E-state index in [0.717, 1.165) is 16.5 Å². The lowest BCUT2D eigenvalue weighted by Crippen LogP contribution is -2.35. The van der Waals surface area contributed by atoms with Crippen molar-refractivity contribution < 1.29 is 0 Å². The number of benzene rings is 1. The highest BCUT2D eigenvalue weighted by Crippen LogP contribution is 2.34. The van der Waals surface area contributed by atoms with Crippen molar-refractivity contribution in [2.24, 2.45) is 16.6 Å². The van der Waals surface area contributed by atoms with Gasteiger partial charge in [0.2, 0.25) is 0 Å². The summed E-state index contributed by atoms with van der Waals surface area (Å²) >= 11 is 3.46. The molecule has 0 spiro atoms. The fourth-order valence-corrected chi connectivity index (χ4v) is 2.74. The average molecular weight is 292 g/mol. The van der Waals surface area contributed by atoms with Crippen LogP contribution in [0.1, 0.15) is 24.8 Å². The maximum atomic E-state index is 9.23. The normalized spacial score (nSPS) is 28.3. The van der Waals surface area contributed by atoms with Gasteiger partial charge >= 0.3 is 0 Å². The Morgan fingerprint density at radius 1 is 1.53 bits per heavy atom. The number of nitrogens with two attached hydrogens (primary N) is 1. The minimum absolute atomic E-state index is 0.144. The van der Waals surface area contributed by atoms with Gasteiger partial charge in [0, 0.05) is 16.4 Å². The third kappa shape index (κ3) is 2.50. The Morgan fingerprint density at radius 2 is 2.29 bits per heavy atom. The first-order chi connectivity index (χ1) is 8.11. The van der Waals surface area contributed by atoms with Gasteiger partial charge in [-0.15, -0.1) is 0 Å². The van der Waals surface area contributed by atoms with E-state index in [1.165, 1.54) is 0 Å². The zero-order chi connectivity index (χ0) is 12.4. The Hall–Kier alpha value is -1.34. The van der Waals surface area contributed by atoms with E-state index in [0.29, 0.717) is 5.84 Å². The predicted octanol–water partition coefficient (Wildman–Crippen LogP) is 2.82. The van der Waals surface area contributed by atoms with E-state index in [1.54, 1.807) is 0 Å². The van der Waals surface area contributed by atoms with Crippen LogP contribution < -0.4 is 5.73 Å². The van der Waals surface area contributed by atoms with E-state index < -0.39 is 0 Å². The first-order valence-electron chi connectivity index (χ1n) is 5.60. The van der Waals surface area contributed by atoms with Crippen LogP contribution in [0.5, 0.6) is 0 Å². The molecule has 4 heteroatoms. The number of aliphatic imine (C=N–C) groups is 1. The van der Waals surface area contributed by atoms with E-state index in [9.17, 15) is 5.26 Å². The minimum atomic E-state index is -0.305. The Bertz CT molecular complexity index is 490. The molecule has 0 amide bonds. The second-order valence-electron chi connectivity index (χ2n) is 4.41. The third-order valence-electron chi connectivity index (χ3n) is 3.10. The molecule has 1 aromatic carbocycles. The fraction of sp³-hybridized carbons (Fsp3) is 0.385. The molecule has 3 nitrogen and oxygen atoms in total. The van der Waals surface area contributed by atoms with Crippen LogP contribution in [0.25, 0.3) is 0 Å². The van der Waals surface area contributed by atoms with Crippen LogP contribution in [-0.2, 0) is 0 Å². The minimum Gasteiger partial charge on any atom is -0.386 e. The molecule has 1 aliphatic rings. The lowest BCUT2D eigenvalue weighted by molar-refractivity contribution is 0.487. The Balaban J connectivity index is 2.38. The van der Waals surface area contributed by atoms with Crippen LogP contribution in [-0.4, -0.2) is 11.9 Å². The number of halogens is 1. The summed E-state index contributed by atoms with van der Waals surface area (Å²) in [5.41, 5.74) is 7.01. The summed E-state index contributed by atoms with van der Waals surface area (Å²) in [6, 6.07) is 10.5. The van der Waals surface area contributed by atoms with Crippen molar-refractivity contribution in [2.75, 3.05) is 0 Å². The highest BCUT2D eigenvalue weighted by Gasteiger charge is 2.31. The molecule has 1 aliphatic heterocycles. The molecule has 0 aromatic heterocycles. The van der Waals surface area contributed by atoms with Gasteiger partial charge in [0.05, 0.1) is 6.07 Å². The number of hydrogen-bond donors (Lipinski definition) is 1. The lowest BCUT2D eigenvalue weighted by atomic mass is 9.80. The summed E-state index contributed by atoms with van der Waals surface area (Å²) < 4.78 is 1.03. The first kappa shape index (κ1) is 12.1. The molecule has 88 valence electrons. The molecule has 0 bridgehead atoms. The monoisotopic (exact) mass is 291 g/mol. The van der Waals surface area contributed by atoms with Gasteiger partial charge in [-0.3, -0.25) is 4.99 Å². The maximum Gasteiger partial charge on any atom is 0.112 e. The van der Waals surface area contributed by atoms with Crippen molar-refractivity contribution in [2.45, 2.75) is 25.3 Å². The quantitative estimate of drug-likeness (QED) is 0.865. The summed E-state index contributed by atoms with van der Waals surface area (Å²) in [4.78, 5) is 4.29. The second kappa shape index (κ2) is 4.89. The van der Waals surface area contributed by atoms with Crippen LogP contribution in [0.15, 0.2) is 33.7 Å². The molecule has 0 radical (unpaired) electrons. The van der Waals surface area contributed by atoms with Gasteiger partial charge in [0.25, 0.3) is 0 Å². The van der Waals surface area contributed by atoms with Crippen molar-refractivity contribution in [3.05, 3.63) is 34.3 Å². The molecule has 0 saturated heterocycles. The van der Waals surface area contributed by atoms with Gasteiger partial charge in [0.1, 0.15) is 11.8 Å². The van der Waals surface area contributed by atoms with Crippen LogP contribution in [0, 0.1) is 17.2 Å². The summed E-state index contributed by atoms with van der Waals surface area (Å²) in [5, 5.41) is 9.23. The maximum absolute atomic E-state index is 9.23. The van der Waals surface area contributed by atoms with Crippen LogP contribution in [0.4, 0.5) is 0 Å². The van der Waals surface area contributed by atoms with Crippen LogP contribution >= 0.6 is 15.9 Å². The van der Waals surface area contributed by atoms with Crippen LogP contribution in [0.2, 0.25) is 0 Å². The van der Waals surface area contributed by atoms with Gasteiger partial charge in [-0.1, -0.05) is 28.1 Å². The Kier molecular flexibility index (Phi) is 3.49. The van der Waals surface area contributed by atoms with E-state index in [-0.39, 0.29) is 17.9 Å². The largest absolute Gasteiger partial charge is 0.386 e. The highest BCUT2D eigenvalue weighted by molar-refractivity contribution is 9.10. The topological polar surface area (TPSA) is 62.2 Å². The summed E-state index contributed by atoms with van der Waals surface area (Å²) in [5.74, 6) is 0.307. The highest BCUT2D eigenvalue weighted by atomic mass is 79.9. The van der Waals surface area contributed by atoms with E-state index in [4.69, 9.17) is 5.73 Å². The van der Waals surface area contributed by atoms with E-state index in [1.807, 2.05) is 25.1 Å². The smallest absolute Gasteiger partial charge is 0.112 e. The van der Waals surface area contributed by atoms with Crippen molar-refractivity contribution in [3.8, 4) is 6.07 Å². The Morgan fingerprint density at radius 3 is 2.94 bits per heavy atom. The van der Waals surface area contributed by atoms with Crippen molar-refractivity contribution in [1.82, 2.24) is 0 Å². The molecule has 1 aromatic rings. The SMILES string of the molecule is CC1CC(c2cccc(Br)c2)C(C#N)C(N)=N1. The lowest BCUT2D eigenvalue weighted by Gasteiger charge is -2.29. The number of nitriles is 1. The van der Waals surface area contributed by atoms with E-state index in [2.05, 4.69) is 33.1 Å². The average Bonchev–Trinajstić information content (AvgIpc) is 2.28. The zero-order valence-corrected chi connectivity index (χ0v) is 11.2. The number of rotatable bonds is 1. The number of hydrogen-bond acceptors (Lipinski definition) is 3. The van der Waals surface area contributed by atoms with Gasteiger partial charge in [-0.05, 0) is 31.0 Å². The molecule has 0 aliphatic carbocycles. The molecule has 2 rings (SSSR count). The molecule has 2 N–H and O–H groups in total. The van der Waals surface area contributed by atoms with Gasteiger partial charge in [0.15, 0.2) is 0 Å². The first-order valence-corrected chi connectivity index (χ1v) is 6.39. The number of nitrogens with zero attached hydrogens (tertiary/aromatic N) is 2. The Labute approximate surface area is 109 Å². The standard InChI is InChI=1S/C13H14BrN3/c1-8-5-11(12(7-15)13(16)17-8)9-3-2-4-10(14)6-9/h2-4,6,8,11-12H,5H2,1H3,(H2,16,17). The zero-order valence-electron chi connectivity index (χ0n) is 9.60.